The summed E-state index contributed by atoms with van der Waals surface area (Å²) in [7, 11) is 1.70. The average molecular weight is 291 g/mol. The number of ether oxygens (including phenoxy) is 1. The minimum Gasteiger partial charge on any atom is -0.496 e. The number of aliphatic carboxylic acids is 1. The van der Waals surface area contributed by atoms with Crippen molar-refractivity contribution < 1.29 is 14.6 Å². The molecule has 21 heavy (non-hydrogen) atoms. The molecule has 2 atom stereocenters. The third-order valence-electron chi connectivity index (χ3n) is 4.45. The first-order valence-corrected chi connectivity index (χ1v) is 7.74. The van der Waals surface area contributed by atoms with Gasteiger partial charge in [0.1, 0.15) is 5.75 Å². The van der Waals surface area contributed by atoms with E-state index < -0.39 is 5.97 Å². The standard InChI is InChI=1S/C17H25NO3/c1-13(15-8-3-4-9-16(15)21-2)18-12-6-5-7-14(18)10-11-17(19)20/h3-4,8-9,13-14H,5-7,10-12H2,1-2H3,(H,19,20). The summed E-state index contributed by atoms with van der Waals surface area (Å²) in [6, 6.07) is 8.71. The Morgan fingerprint density at radius 2 is 2.19 bits per heavy atom. The average Bonchev–Trinajstić information content (AvgIpc) is 2.52. The van der Waals surface area contributed by atoms with Crippen LogP contribution in [0.15, 0.2) is 24.3 Å². The van der Waals surface area contributed by atoms with E-state index in [9.17, 15) is 4.79 Å². The van der Waals surface area contributed by atoms with E-state index in [1.165, 1.54) is 18.4 Å². The second kappa shape index (κ2) is 7.46. The van der Waals surface area contributed by atoms with Crippen LogP contribution >= 0.6 is 0 Å². The molecule has 1 N–H and O–H groups in total. The van der Waals surface area contributed by atoms with E-state index in [-0.39, 0.29) is 12.5 Å². The lowest BCUT2D eigenvalue weighted by Crippen LogP contribution is -2.41. The first-order valence-electron chi connectivity index (χ1n) is 7.74. The minimum absolute atomic E-state index is 0.250. The maximum absolute atomic E-state index is 10.9. The topological polar surface area (TPSA) is 49.8 Å². The highest BCUT2D eigenvalue weighted by Crippen LogP contribution is 2.34. The van der Waals surface area contributed by atoms with E-state index in [1.807, 2.05) is 18.2 Å². The SMILES string of the molecule is COc1ccccc1C(C)N1CCCCC1CCC(=O)O. The summed E-state index contributed by atoms with van der Waals surface area (Å²) in [5, 5.41) is 8.93. The number of piperidine rings is 1. The molecular formula is C17H25NO3. The monoisotopic (exact) mass is 291 g/mol. The second-order valence-electron chi connectivity index (χ2n) is 5.74. The highest BCUT2D eigenvalue weighted by atomic mass is 16.5. The number of hydrogen-bond acceptors (Lipinski definition) is 3. The van der Waals surface area contributed by atoms with Crippen molar-refractivity contribution in [2.45, 2.75) is 51.1 Å². The lowest BCUT2D eigenvalue weighted by atomic mass is 9.94. The van der Waals surface area contributed by atoms with Crippen LogP contribution in [0, 0.1) is 0 Å². The van der Waals surface area contributed by atoms with Crippen LogP contribution in [-0.2, 0) is 4.79 Å². The van der Waals surface area contributed by atoms with Gasteiger partial charge >= 0.3 is 5.97 Å². The summed E-state index contributed by atoms with van der Waals surface area (Å²) in [4.78, 5) is 13.3. The zero-order valence-corrected chi connectivity index (χ0v) is 12.9. The molecule has 4 nitrogen and oxygen atoms in total. The summed E-state index contributed by atoms with van der Waals surface area (Å²) in [6.45, 7) is 3.22. The number of hydrogen-bond donors (Lipinski definition) is 1. The van der Waals surface area contributed by atoms with Crippen LogP contribution in [0.5, 0.6) is 5.75 Å². The first kappa shape index (κ1) is 15.8. The molecule has 0 aliphatic carbocycles. The van der Waals surface area contributed by atoms with E-state index in [0.29, 0.717) is 6.04 Å². The highest BCUT2D eigenvalue weighted by Gasteiger charge is 2.28. The van der Waals surface area contributed by atoms with Crippen LogP contribution in [0.1, 0.15) is 50.6 Å². The number of carboxylic acids is 1. The fraction of sp³-hybridized carbons (Fsp3) is 0.588. The number of para-hydroxylation sites is 1. The number of carbonyl (C=O) groups is 1. The zero-order chi connectivity index (χ0) is 15.2. The molecule has 2 unspecified atom stereocenters. The molecule has 1 heterocycles. The minimum atomic E-state index is -0.703. The number of likely N-dealkylation sites (tertiary alicyclic amines) is 1. The number of rotatable bonds is 6. The largest absolute Gasteiger partial charge is 0.496 e. The number of carboxylic acid groups (broad SMARTS) is 1. The Kier molecular flexibility index (Phi) is 5.62. The second-order valence-corrected chi connectivity index (χ2v) is 5.74. The molecule has 0 saturated carbocycles. The zero-order valence-electron chi connectivity index (χ0n) is 12.9. The van der Waals surface area contributed by atoms with Crippen LogP contribution in [0.2, 0.25) is 0 Å². The fourth-order valence-electron chi connectivity index (χ4n) is 3.32. The molecule has 1 aromatic rings. The van der Waals surface area contributed by atoms with Crippen LogP contribution in [-0.4, -0.2) is 35.7 Å². The molecule has 0 bridgehead atoms. The van der Waals surface area contributed by atoms with Crippen LogP contribution < -0.4 is 4.74 Å². The van der Waals surface area contributed by atoms with Crippen molar-refractivity contribution in [1.29, 1.82) is 0 Å². The summed E-state index contributed by atoms with van der Waals surface area (Å²) >= 11 is 0. The van der Waals surface area contributed by atoms with Crippen LogP contribution in [0.25, 0.3) is 0 Å². The lowest BCUT2D eigenvalue weighted by Gasteiger charge is -2.40. The van der Waals surface area contributed by atoms with Gasteiger partial charge in [-0.3, -0.25) is 9.69 Å². The Bertz CT molecular complexity index is 475. The van der Waals surface area contributed by atoms with Crippen LogP contribution in [0.3, 0.4) is 0 Å². The van der Waals surface area contributed by atoms with Gasteiger partial charge in [-0.1, -0.05) is 24.6 Å². The molecule has 1 aliphatic rings. The number of benzene rings is 1. The Labute approximate surface area is 126 Å². The molecular weight excluding hydrogens is 266 g/mol. The van der Waals surface area contributed by atoms with E-state index in [0.717, 1.165) is 25.1 Å². The number of methoxy groups -OCH3 is 1. The maximum Gasteiger partial charge on any atom is 0.303 e. The molecule has 4 heteroatoms. The third-order valence-corrected chi connectivity index (χ3v) is 4.45. The molecule has 1 aliphatic heterocycles. The molecule has 0 spiro atoms. The quantitative estimate of drug-likeness (QED) is 0.872. The van der Waals surface area contributed by atoms with Crippen molar-refractivity contribution in [2.24, 2.45) is 0 Å². The Morgan fingerprint density at radius 1 is 1.43 bits per heavy atom. The van der Waals surface area contributed by atoms with Gasteiger partial charge in [0, 0.05) is 24.1 Å². The van der Waals surface area contributed by atoms with Crippen molar-refractivity contribution in [1.82, 2.24) is 4.90 Å². The fourth-order valence-corrected chi connectivity index (χ4v) is 3.32. The van der Waals surface area contributed by atoms with Gasteiger partial charge in [0.2, 0.25) is 0 Å². The summed E-state index contributed by atoms with van der Waals surface area (Å²) < 4.78 is 5.47. The van der Waals surface area contributed by atoms with Gasteiger partial charge in [0.05, 0.1) is 7.11 Å². The predicted molar refractivity (Wildman–Crippen MR) is 82.6 cm³/mol. The normalized spacial score (nSPS) is 21.0. The first-order chi connectivity index (χ1) is 10.1. The van der Waals surface area contributed by atoms with Crippen molar-refractivity contribution in [2.75, 3.05) is 13.7 Å². The Balaban J connectivity index is 2.14. The molecule has 0 amide bonds. The van der Waals surface area contributed by atoms with Gasteiger partial charge in [-0.15, -0.1) is 0 Å². The van der Waals surface area contributed by atoms with Gasteiger partial charge < -0.3 is 9.84 Å². The van der Waals surface area contributed by atoms with Gasteiger partial charge in [-0.2, -0.15) is 0 Å². The Hall–Kier alpha value is -1.55. The van der Waals surface area contributed by atoms with Crippen molar-refractivity contribution >= 4 is 5.97 Å². The van der Waals surface area contributed by atoms with Gasteiger partial charge in [-0.05, 0) is 38.8 Å². The Morgan fingerprint density at radius 3 is 2.90 bits per heavy atom. The third kappa shape index (κ3) is 3.97. The van der Waals surface area contributed by atoms with E-state index in [2.05, 4.69) is 17.9 Å². The highest BCUT2D eigenvalue weighted by molar-refractivity contribution is 5.66. The van der Waals surface area contributed by atoms with Crippen LogP contribution in [0.4, 0.5) is 0 Å². The lowest BCUT2D eigenvalue weighted by molar-refractivity contribution is -0.137. The molecule has 0 aromatic heterocycles. The summed E-state index contributed by atoms with van der Waals surface area (Å²) in [5.41, 5.74) is 1.18. The molecule has 1 aromatic carbocycles. The molecule has 116 valence electrons. The van der Waals surface area contributed by atoms with E-state index in [1.54, 1.807) is 7.11 Å². The smallest absolute Gasteiger partial charge is 0.303 e. The summed E-state index contributed by atoms with van der Waals surface area (Å²) in [6.07, 6.45) is 4.45. The predicted octanol–water partition coefficient (Wildman–Crippen LogP) is 3.48. The van der Waals surface area contributed by atoms with Gasteiger partial charge in [0.25, 0.3) is 0 Å². The van der Waals surface area contributed by atoms with E-state index in [4.69, 9.17) is 9.84 Å². The molecule has 0 radical (unpaired) electrons. The van der Waals surface area contributed by atoms with Gasteiger partial charge in [-0.25, -0.2) is 0 Å². The molecule has 1 fully saturated rings. The number of nitrogens with zero attached hydrogens (tertiary/aromatic N) is 1. The van der Waals surface area contributed by atoms with Crippen molar-refractivity contribution in [3.8, 4) is 5.75 Å². The van der Waals surface area contributed by atoms with Crippen molar-refractivity contribution in [3.63, 3.8) is 0 Å². The van der Waals surface area contributed by atoms with Crippen molar-refractivity contribution in [3.05, 3.63) is 29.8 Å². The van der Waals surface area contributed by atoms with Gasteiger partial charge in [0.15, 0.2) is 0 Å². The summed E-state index contributed by atoms with van der Waals surface area (Å²) in [5.74, 6) is 0.207. The van der Waals surface area contributed by atoms with E-state index >= 15 is 0 Å². The maximum atomic E-state index is 10.9. The molecule has 1 saturated heterocycles. The molecule has 2 rings (SSSR count).